The van der Waals surface area contributed by atoms with Gasteiger partial charge in [0, 0.05) is 12.6 Å². The predicted molar refractivity (Wildman–Crippen MR) is 69.3 cm³/mol. The maximum atomic E-state index is 11.4. The van der Waals surface area contributed by atoms with E-state index >= 15 is 0 Å². The van der Waals surface area contributed by atoms with Gasteiger partial charge in [-0.3, -0.25) is 0 Å². The third-order valence-corrected chi connectivity index (χ3v) is 3.10. The third kappa shape index (κ3) is 3.10. The minimum atomic E-state index is -0.487. The number of carbonyl (C=O) groups excluding carboxylic acids is 1. The number of unbranched alkanes of at least 4 members (excludes halogenated alkanes) is 1. The van der Waals surface area contributed by atoms with E-state index in [2.05, 4.69) is 5.32 Å². The molecule has 0 unspecified atom stereocenters. The molecule has 0 radical (unpaired) electrons. The van der Waals surface area contributed by atoms with Crippen molar-refractivity contribution in [3.63, 3.8) is 0 Å². The minimum Gasteiger partial charge on any atom is -0.414 e. The van der Waals surface area contributed by atoms with Crippen molar-refractivity contribution in [3.05, 3.63) is 27.9 Å². The first-order chi connectivity index (χ1) is 8.69. The lowest BCUT2D eigenvalue weighted by atomic mass is 10.3. The normalized spacial score (nSPS) is 10.5. The van der Waals surface area contributed by atoms with Gasteiger partial charge in [0.1, 0.15) is 11.3 Å². The van der Waals surface area contributed by atoms with Gasteiger partial charge in [0.25, 0.3) is 0 Å². The fraction of sp³-hybridized carbons (Fsp3) is 0.333. The summed E-state index contributed by atoms with van der Waals surface area (Å²) in [6.45, 7) is 2.64. The van der Waals surface area contributed by atoms with Gasteiger partial charge in [0.2, 0.25) is 0 Å². The van der Waals surface area contributed by atoms with Gasteiger partial charge in [-0.1, -0.05) is 24.7 Å². The van der Waals surface area contributed by atoms with Crippen molar-refractivity contribution in [1.29, 1.82) is 0 Å². The van der Waals surface area contributed by atoms with Crippen LogP contribution in [0.1, 0.15) is 19.8 Å². The maximum absolute atomic E-state index is 11.4. The fourth-order valence-corrected chi connectivity index (χ4v) is 2.12. The molecule has 1 amide bonds. The zero-order valence-corrected chi connectivity index (χ0v) is 10.7. The van der Waals surface area contributed by atoms with E-state index in [4.69, 9.17) is 9.15 Å². The standard InChI is InChI=1S/C12H13NO4S/c1-2-3-6-13-11(14)16-8-4-5-9-10(7-8)18-12(15)17-9/h4-5,7H,2-3,6H2,1H3,(H,13,14). The highest BCUT2D eigenvalue weighted by atomic mass is 32.1. The van der Waals surface area contributed by atoms with Gasteiger partial charge < -0.3 is 14.5 Å². The average Bonchev–Trinajstić information content (AvgIpc) is 2.69. The molecule has 5 nitrogen and oxygen atoms in total. The first kappa shape index (κ1) is 12.6. The maximum Gasteiger partial charge on any atom is 0.412 e. The van der Waals surface area contributed by atoms with E-state index < -0.39 is 6.09 Å². The Kier molecular flexibility index (Phi) is 3.99. The van der Waals surface area contributed by atoms with Crippen LogP contribution in [-0.4, -0.2) is 12.6 Å². The van der Waals surface area contributed by atoms with Crippen LogP contribution in [0.2, 0.25) is 0 Å². The van der Waals surface area contributed by atoms with Gasteiger partial charge in [-0.25, -0.2) is 9.59 Å². The van der Waals surface area contributed by atoms with Crippen LogP contribution in [0, 0.1) is 0 Å². The summed E-state index contributed by atoms with van der Waals surface area (Å²) in [5.41, 5.74) is 0.503. The molecule has 1 N–H and O–H groups in total. The van der Waals surface area contributed by atoms with E-state index in [0.717, 1.165) is 24.2 Å². The predicted octanol–water partition coefficient (Wildman–Crippen LogP) is 2.74. The smallest absolute Gasteiger partial charge is 0.412 e. The van der Waals surface area contributed by atoms with E-state index in [1.807, 2.05) is 6.92 Å². The molecule has 0 fully saturated rings. The molecule has 96 valence electrons. The molecule has 0 bridgehead atoms. The summed E-state index contributed by atoms with van der Waals surface area (Å²) in [6, 6.07) is 4.82. The Morgan fingerprint density at radius 2 is 2.33 bits per heavy atom. The number of hydrogen-bond acceptors (Lipinski definition) is 5. The number of carbonyl (C=O) groups is 1. The molecule has 0 spiro atoms. The number of rotatable bonds is 4. The fourth-order valence-electron chi connectivity index (χ4n) is 1.43. The second kappa shape index (κ2) is 5.68. The van der Waals surface area contributed by atoms with Crippen LogP contribution in [0.25, 0.3) is 10.3 Å². The van der Waals surface area contributed by atoms with Crippen LogP contribution in [0.15, 0.2) is 27.4 Å². The molecule has 1 aromatic carbocycles. The second-order valence-corrected chi connectivity index (χ2v) is 4.71. The van der Waals surface area contributed by atoms with Crippen LogP contribution in [0.5, 0.6) is 5.75 Å². The Morgan fingerprint density at radius 3 is 3.11 bits per heavy atom. The van der Waals surface area contributed by atoms with Crippen LogP contribution in [0.4, 0.5) is 4.79 Å². The molecule has 1 aromatic heterocycles. The first-order valence-corrected chi connectivity index (χ1v) is 6.50. The van der Waals surface area contributed by atoms with E-state index in [1.165, 1.54) is 0 Å². The third-order valence-electron chi connectivity index (χ3n) is 2.31. The summed E-state index contributed by atoms with van der Waals surface area (Å²) >= 11 is 0.981. The number of ether oxygens (including phenoxy) is 1. The first-order valence-electron chi connectivity index (χ1n) is 5.68. The van der Waals surface area contributed by atoms with E-state index in [1.54, 1.807) is 18.2 Å². The summed E-state index contributed by atoms with van der Waals surface area (Å²) in [7, 11) is 0. The molecule has 6 heteroatoms. The number of hydrogen-bond donors (Lipinski definition) is 1. The van der Waals surface area contributed by atoms with Crippen LogP contribution >= 0.6 is 11.3 Å². The average molecular weight is 267 g/mol. The zero-order valence-electron chi connectivity index (χ0n) is 9.89. The lowest BCUT2D eigenvalue weighted by Crippen LogP contribution is -2.27. The lowest BCUT2D eigenvalue weighted by Gasteiger charge is -2.05. The summed E-state index contributed by atoms with van der Waals surface area (Å²) in [5, 5.41) is 2.64. The Hall–Kier alpha value is -1.82. The number of nitrogens with one attached hydrogen (secondary N) is 1. The van der Waals surface area contributed by atoms with Gasteiger partial charge >= 0.3 is 11.0 Å². The molecule has 18 heavy (non-hydrogen) atoms. The van der Waals surface area contributed by atoms with Crippen molar-refractivity contribution >= 4 is 27.7 Å². The molecule has 1 heterocycles. The van der Waals surface area contributed by atoms with Gasteiger partial charge in [-0.05, 0) is 18.6 Å². The largest absolute Gasteiger partial charge is 0.414 e. The van der Waals surface area contributed by atoms with Gasteiger partial charge in [0.15, 0.2) is 0 Å². The summed E-state index contributed by atoms with van der Waals surface area (Å²) in [5.74, 6) is 0.397. The Bertz CT molecular complexity index is 601. The van der Waals surface area contributed by atoms with Crippen molar-refractivity contribution in [2.45, 2.75) is 19.8 Å². The molecule has 0 saturated heterocycles. The molecule has 2 rings (SSSR count). The van der Waals surface area contributed by atoms with Crippen LogP contribution in [-0.2, 0) is 0 Å². The van der Waals surface area contributed by atoms with E-state index in [9.17, 15) is 9.59 Å². The SMILES string of the molecule is CCCCNC(=O)Oc1ccc2oc(=O)sc2c1. The minimum absolute atomic E-state index is 0.366. The molecule has 0 saturated carbocycles. The highest BCUT2D eigenvalue weighted by Crippen LogP contribution is 2.22. The van der Waals surface area contributed by atoms with Gasteiger partial charge in [0.05, 0.1) is 4.70 Å². The Balaban J connectivity index is 2.02. The van der Waals surface area contributed by atoms with Gasteiger partial charge in [-0.2, -0.15) is 0 Å². The molecule has 0 atom stereocenters. The highest BCUT2D eigenvalue weighted by Gasteiger charge is 2.07. The van der Waals surface area contributed by atoms with Crippen molar-refractivity contribution in [2.75, 3.05) is 6.54 Å². The van der Waals surface area contributed by atoms with Crippen molar-refractivity contribution < 1.29 is 13.9 Å². The van der Waals surface area contributed by atoms with Crippen molar-refractivity contribution in [3.8, 4) is 5.75 Å². The molecule has 2 aromatic rings. The lowest BCUT2D eigenvalue weighted by molar-refractivity contribution is 0.200. The Labute approximate surface area is 107 Å². The highest BCUT2D eigenvalue weighted by molar-refractivity contribution is 7.16. The molecular weight excluding hydrogens is 254 g/mol. The van der Waals surface area contributed by atoms with E-state index in [0.29, 0.717) is 22.6 Å². The molecule has 0 aliphatic carbocycles. The number of fused-ring (bicyclic) bond motifs is 1. The van der Waals surface area contributed by atoms with Gasteiger partial charge in [-0.15, -0.1) is 0 Å². The quantitative estimate of drug-likeness (QED) is 0.865. The van der Waals surface area contributed by atoms with Crippen molar-refractivity contribution in [1.82, 2.24) is 5.32 Å². The number of amides is 1. The second-order valence-electron chi connectivity index (χ2n) is 3.73. The van der Waals surface area contributed by atoms with E-state index in [-0.39, 0.29) is 4.94 Å². The summed E-state index contributed by atoms with van der Waals surface area (Å²) in [6.07, 6.45) is 1.44. The molecule has 0 aliphatic rings. The topological polar surface area (TPSA) is 68.5 Å². The zero-order chi connectivity index (χ0) is 13.0. The monoisotopic (exact) mass is 267 g/mol. The summed E-state index contributed by atoms with van der Waals surface area (Å²) < 4.78 is 10.7. The molecular formula is C12H13NO4S. The van der Waals surface area contributed by atoms with Crippen LogP contribution < -0.4 is 15.0 Å². The molecule has 0 aliphatic heterocycles. The van der Waals surface area contributed by atoms with Crippen molar-refractivity contribution in [2.24, 2.45) is 0 Å². The number of benzene rings is 1. The summed E-state index contributed by atoms with van der Waals surface area (Å²) in [4.78, 5) is 22.1. The Morgan fingerprint density at radius 1 is 1.50 bits per heavy atom. The van der Waals surface area contributed by atoms with Crippen LogP contribution in [0.3, 0.4) is 0 Å².